The summed E-state index contributed by atoms with van der Waals surface area (Å²) in [6.07, 6.45) is 2.25. The zero-order valence-electron chi connectivity index (χ0n) is 13.8. The summed E-state index contributed by atoms with van der Waals surface area (Å²) in [7, 11) is 0. The molecule has 3 heterocycles. The number of likely N-dealkylation sites (tertiary alicyclic amines) is 1. The first kappa shape index (κ1) is 16.1. The van der Waals surface area contributed by atoms with Crippen molar-refractivity contribution in [3.05, 3.63) is 58.7 Å². The van der Waals surface area contributed by atoms with Gasteiger partial charge in [0.25, 0.3) is 0 Å². The summed E-state index contributed by atoms with van der Waals surface area (Å²) in [5, 5.41) is 17.8. The molecule has 6 nitrogen and oxygen atoms in total. The van der Waals surface area contributed by atoms with E-state index in [2.05, 4.69) is 25.3 Å². The molecule has 0 aliphatic carbocycles. The van der Waals surface area contributed by atoms with Crippen molar-refractivity contribution in [2.45, 2.75) is 25.3 Å². The lowest BCUT2D eigenvalue weighted by molar-refractivity contribution is 0.201. The minimum absolute atomic E-state index is 0.518. The van der Waals surface area contributed by atoms with Gasteiger partial charge in [-0.05, 0) is 44.1 Å². The lowest BCUT2D eigenvalue weighted by Crippen LogP contribution is -2.32. The SMILES string of the molecule is c1ccc(Oc2ccc(CN3CCC(c4nncs4)CC3)nn2)cc1. The highest BCUT2D eigenvalue weighted by atomic mass is 32.1. The van der Waals surface area contributed by atoms with Crippen molar-refractivity contribution in [1.82, 2.24) is 25.3 Å². The van der Waals surface area contributed by atoms with E-state index in [0.717, 1.165) is 43.9 Å². The molecular weight excluding hydrogens is 334 g/mol. The second-order valence-electron chi connectivity index (χ2n) is 6.11. The highest BCUT2D eigenvalue weighted by Gasteiger charge is 2.23. The molecule has 0 bridgehead atoms. The zero-order valence-corrected chi connectivity index (χ0v) is 14.6. The van der Waals surface area contributed by atoms with Crippen molar-refractivity contribution in [1.29, 1.82) is 0 Å². The van der Waals surface area contributed by atoms with Crippen LogP contribution in [-0.4, -0.2) is 38.4 Å². The maximum atomic E-state index is 5.68. The van der Waals surface area contributed by atoms with E-state index in [-0.39, 0.29) is 0 Å². The zero-order chi connectivity index (χ0) is 16.9. The molecule has 1 fully saturated rings. The Hall–Kier alpha value is -2.38. The van der Waals surface area contributed by atoms with Crippen LogP contribution >= 0.6 is 11.3 Å². The highest BCUT2D eigenvalue weighted by molar-refractivity contribution is 7.09. The van der Waals surface area contributed by atoms with E-state index in [1.54, 1.807) is 11.3 Å². The fraction of sp³-hybridized carbons (Fsp3) is 0.333. The van der Waals surface area contributed by atoms with Crippen molar-refractivity contribution in [2.24, 2.45) is 0 Å². The molecule has 0 saturated carbocycles. The van der Waals surface area contributed by atoms with Gasteiger partial charge in [0, 0.05) is 18.5 Å². The Morgan fingerprint density at radius 3 is 2.52 bits per heavy atom. The molecule has 1 aliphatic heterocycles. The largest absolute Gasteiger partial charge is 0.438 e. The summed E-state index contributed by atoms with van der Waals surface area (Å²) in [6, 6.07) is 13.5. The van der Waals surface area contributed by atoms with E-state index in [9.17, 15) is 0 Å². The summed E-state index contributed by atoms with van der Waals surface area (Å²) in [6.45, 7) is 2.92. The second-order valence-corrected chi connectivity index (χ2v) is 6.97. The van der Waals surface area contributed by atoms with Gasteiger partial charge < -0.3 is 4.74 Å². The van der Waals surface area contributed by atoms with Gasteiger partial charge in [0.1, 0.15) is 16.3 Å². The third kappa shape index (κ3) is 4.18. The normalized spacial score (nSPS) is 16.0. The summed E-state index contributed by atoms with van der Waals surface area (Å²) in [5.74, 6) is 1.84. The lowest BCUT2D eigenvalue weighted by Gasteiger charge is -2.30. The fourth-order valence-electron chi connectivity index (χ4n) is 3.02. The average molecular weight is 353 g/mol. The molecule has 0 atom stereocenters. The van der Waals surface area contributed by atoms with Crippen LogP contribution in [0, 0.1) is 0 Å². The standard InChI is InChI=1S/C18H19N5OS/c1-2-4-16(5-3-1)24-17-7-6-15(20-21-17)12-23-10-8-14(9-11-23)18-22-19-13-25-18/h1-7,13-14H,8-12H2. The molecule has 0 spiro atoms. The van der Waals surface area contributed by atoms with Gasteiger partial charge >= 0.3 is 0 Å². The van der Waals surface area contributed by atoms with Gasteiger partial charge in [-0.2, -0.15) is 5.10 Å². The van der Waals surface area contributed by atoms with Crippen molar-refractivity contribution < 1.29 is 4.74 Å². The van der Waals surface area contributed by atoms with Gasteiger partial charge in [-0.15, -0.1) is 26.6 Å². The van der Waals surface area contributed by atoms with Crippen LogP contribution in [0.1, 0.15) is 29.5 Å². The summed E-state index contributed by atoms with van der Waals surface area (Å²) in [4.78, 5) is 2.42. The van der Waals surface area contributed by atoms with E-state index < -0.39 is 0 Å². The summed E-state index contributed by atoms with van der Waals surface area (Å²) < 4.78 is 5.68. The minimum Gasteiger partial charge on any atom is -0.438 e. The van der Waals surface area contributed by atoms with E-state index in [1.807, 2.05) is 48.0 Å². The topological polar surface area (TPSA) is 64.0 Å². The van der Waals surface area contributed by atoms with Crippen LogP contribution in [0.15, 0.2) is 48.0 Å². The smallest absolute Gasteiger partial charge is 0.238 e. The van der Waals surface area contributed by atoms with Crippen LogP contribution in [0.3, 0.4) is 0 Å². The van der Waals surface area contributed by atoms with Gasteiger partial charge in [0.15, 0.2) is 0 Å². The second kappa shape index (κ2) is 7.67. The Kier molecular flexibility index (Phi) is 4.94. The first-order chi connectivity index (χ1) is 12.4. The quantitative estimate of drug-likeness (QED) is 0.699. The molecule has 1 aromatic carbocycles. The molecule has 3 aromatic rings. The minimum atomic E-state index is 0.518. The maximum absolute atomic E-state index is 5.68. The molecular formula is C18H19N5OS. The number of hydrogen-bond acceptors (Lipinski definition) is 7. The summed E-state index contributed by atoms with van der Waals surface area (Å²) in [5.41, 5.74) is 2.78. The fourth-order valence-corrected chi connectivity index (χ4v) is 3.75. The van der Waals surface area contributed by atoms with Gasteiger partial charge in [-0.1, -0.05) is 18.2 Å². The molecule has 7 heteroatoms. The Balaban J connectivity index is 1.30. The molecule has 2 aromatic heterocycles. The summed E-state index contributed by atoms with van der Waals surface area (Å²) >= 11 is 1.66. The van der Waals surface area contributed by atoms with Crippen molar-refractivity contribution in [3.63, 3.8) is 0 Å². The van der Waals surface area contributed by atoms with Crippen LogP contribution in [0.5, 0.6) is 11.6 Å². The Bertz CT molecular complexity index is 771. The van der Waals surface area contributed by atoms with E-state index in [1.165, 1.54) is 5.01 Å². The van der Waals surface area contributed by atoms with Crippen LogP contribution in [0.2, 0.25) is 0 Å². The molecule has 128 valence electrons. The predicted octanol–water partition coefficient (Wildman–Crippen LogP) is 3.50. The first-order valence-electron chi connectivity index (χ1n) is 8.41. The lowest BCUT2D eigenvalue weighted by atomic mass is 9.97. The van der Waals surface area contributed by atoms with E-state index >= 15 is 0 Å². The molecule has 4 rings (SSSR count). The average Bonchev–Trinajstić information content (AvgIpc) is 3.20. The van der Waals surface area contributed by atoms with Crippen LogP contribution in [0.25, 0.3) is 0 Å². The number of rotatable bonds is 5. The third-order valence-electron chi connectivity index (χ3n) is 4.36. The Labute approximate surface area is 150 Å². The maximum Gasteiger partial charge on any atom is 0.238 e. The van der Waals surface area contributed by atoms with Crippen LogP contribution in [0.4, 0.5) is 0 Å². The molecule has 1 saturated heterocycles. The van der Waals surface area contributed by atoms with Crippen molar-refractivity contribution in [3.8, 4) is 11.6 Å². The number of para-hydroxylation sites is 1. The van der Waals surface area contributed by atoms with Gasteiger partial charge in [0.05, 0.1) is 5.69 Å². The van der Waals surface area contributed by atoms with Crippen molar-refractivity contribution >= 4 is 11.3 Å². The highest BCUT2D eigenvalue weighted by Crippen LogP contribution is 2.29. The van der Waals surface area contributed by atoms with Crippen LogP contribution in [-0.2, 0) is 6.54 Å². The van der Waals surface area contributed by atoms with Gasteiger partial charge in [0.2, 0.25) is 5.88 Å². The molecule has 1 aliphatic rings. The Morgan fingerprint density at radius 2 is 1.84 bits per heavy atom. The number of nitrogens with zero attached hydrogens (tertiary/aromatic N) is 5. The number of benzene rings is 1. The number of ether oxygens (including phenoxy) is 1. The number of aromatic nitrogens is 4. The Morgan fingerprint density at radius 1 is 1.00 bits per heavy atom. The van der Waals surface area contributed by atoms with Gasteiger partial charge in [-0.3, -0.25) is 4.90 Å². The first-order valence-corrected chi connectivity index (χ1v) is 9.29. The van der Waals surface area contributed by atoms with Gasteiger partial charge in [-0.25, -0.2) is 0 Å². The number of piperidine rings is 1. The monoisotopic (exact) mass is 353 g/mol. The molecule has 0 N–H and O–H groups in total. The predicted molar refractivity (Wildman–Crippen MR) is 95.7 cm³/mol. The molecule has 0 amide bonds. The van der Waals surface area contributed by atoms with E-state index in [4.69, 9.17) is 4.74 Å². The van der Waals surface area contributed by atoms with E-state index in [0.29, 0.717) is 11.8 Å². The van der Waals surface area contributed by atoms with Crippen molar-refractivity contribution in [2.75, 3.05) is 13.1 Å². The molecule has 25 heavy (non-hydrogen) atoms. The van der Waals surface area contributed by atoms with Crippen LogP contribution < -0.4 is 4.74 Å². The third-order valence-corrected chi connectivity index (χ3v) is 5.22. The number of hydrogen-bond donors (Lipinski definition) is 0. The molecule has 0 radical (unpaired) electrons. The molecule has 0 unspecified atom stereocenters.